The monoisotopic (exact) mass is 441 g/mol. The summed E-state index contributed by atoms with van der Waals surface area (Å²) in [5.74, 6) is 2.75. The van der Waals surface area contributed by atoms with E-state index in [1.165, 1.54) is 5.56 Å². The van der Waals surface area contributed by atoms with Crippen molar-refractivity contribution in [3.8, 4) is 5.75 Å². The third-order valence-corrected chi connectivity index (χ3v) is 3.82. The van der Waals surface area contributed by atoms with Gasteiger partial charge >= 0.3 is 0 Å². The predicted octanol–water partition coefficient (Wildman–Crippen LogP) is 3.52. The van der Waals surface area contributed by atoms with E-state index in [2.05, 4.69) is 28.6 Å². The summed E-state index contributed by atoms with van der Waals surface area (Å²) in [7, 11) is 0. The number of aliphatic imine (C=N–C) groups is 1. The number of halogens is 1. The van der Waals surface area contributed by atoms with Gasteiger partial charge in [0.1, 0.15) is 11.5 Å². The first-order chi connectivity index (χ1) is 11.4. The summed E-state index contributed by atoms with van der Waals surface area (Å²) in [6.07, 6.45) is 3.43. The van der Waals surface area contributed by atoms with E-state index in [9.17, 15) is 0 Å². The Labute approximate surface area is 159 Å². The number of benzene rings is 1. The molecule has 0 bridgehead atoms. The lowest BCUT2D eigenvalue weighted by Crippen LogP contribution is -2.41. The van der Waals surface area contributed by atoms with Crippen molar-refractivity contribution < 1.29 is 9.15 Å². The van der Waals surface area contributed by atoms with Crippen molar-refractivity contribution >= 4 is 29.9 Å². The first-order valence-corrected chi connectivity index (χ1v) is 8.15. The van der Waals surface area contributed by atoms with Gasteiger partial charge in [0, 0.05) is 31.5 Å². The highest BCUT2D eigenvalue weighted by Gasteiger charge is 2.21. The molecule has 130 valence electrons. The largest absolute Gasteiger partial charge is 0.493 e. The van der Waals surface area contributed by atoms with Crippen LogP contribution in [-0.2, 0) is 6.42 Å². The Kier molecular flexibility index (Phi) is 7.42. The highest BCUT2D eigenvalue weighted by Crippen LogP contribution is 2.31. The zero-order valence-corrected chi connectivity index (χ0v) is 16.2. The molecule has 0 aliphatic carbocycles. The Morgan fingerprint density at radius 3 is 2.92 bits per heavy atom. The van der Waals surface area contributed by atoms with Crippen molar-refractivity contribution in [1.82, 2.24) is 10.6 Å². The molecule has 1 atom stereocenters. The van der Waals surface area contributed by atoms with E-state index in [4.69, 9.17) is 9.15 Å². The van der Waals surface area contributed by atoms with Gasteiger partial charge in [0.05, 0.1) is 18.9 Å². The second kappa shape index (κ2) is 9.56. The van der Waals surface area contributed by atoms with E-state index < -0.39 is 0 Å². The van der Waals surface area contributed by atoms with E-state index in [1.54, 1.807) is 6.26 Å². The quantitative estimate of drug-likeness (QED) is 0.424. The molecule has 1 aromatic carbocycles. The maximum atomic E-state index is 5.71. The molecule has 1 aromatic heterocycles. The van der Waals surface area contributed by atoms with Crippen molar-refractivity contribution in [2.24, 2.45) is 4.99 Å². The molecular formula is C18H24IN3O2. The van der Waals surface area contributed by atoms with Crippen molar-refractivity contribution in [3.63, 3.8) is 0 Å². The summed E-state index contributed by atoms with van der Waals surface area (Å²) in [5.41, 5.74) is 1.19. The van der Waals surface area contributed by atoms with Crippen molar-refractivity contribution in [3.05, 3.63) is 54.0 Å². The Bertz CT molecular complexity index is 643. The molecule has 3 rings (SSSR count). The smallest absolute Gasteiger partial charge is 0.191 e. The number of furan rings is 1. The van der Waals surface area contributed by atoms with E-state index >= 15 is 0 Å². The fourth-order valence-corrected chi connectivity index (χ4v) is 2.71. The summed E-state index contributed by atoms with van der Waals surface area (Å²) in [6.45, 7) is 4.31. The van der Waals surface area contributed by atoms with Gasteiger partial charge in [0.15, 0.2) is 5.96 Å². The Hall–Kier alpha value is -1.70. The van der Waals surface area contributed by atoms with Gasteiger partial charge in [-0.25, -0.2) is 0 Å². The number of fused-ring (bicyclic) bond motifs is 1. The van der Waals surface area contributed by atoms with Gasteiger partial charge < -0.3 is 19.8 Å². The molecule has 1 aliphatic rings. The summed E-state index contributed by atoms with van der Waals surface area (Å²) < 4.78 is 11.1. The van der Waals surface area contributed by atoms with Crippen molar-refractivity contribution in [1.29, 1.82) is 0 Å². The van der Waals surface area contributed by atoms with Crippen LogP contribution in [0.1, 0.15) is 30.7 Å². The zero-order chi connectivity index (χ0) is 15.9. The van der Waals surface area contributed by atoms with Gasteiger partial charge in [-0.1, -0.05) is 18.2 Å². The highest BCUT2D eigenvalue weighted by molar-refractivity contribution is 14.0. The SMILES string of the molecule is CCNC(=NCCc1ccco1)NC1CCOc2ccccc21.I. The van der Waals surface area contributed by atoms with Gasteiger partial charge in [0.2, 0.25) is 0 Å². The van der Waals surface area contributed by atoms with E-state index in [1.807, 2.05) is 30.3 Å². The molecule has 2 N–H and O–H groups in total. The lowest BCUT2D eigenvalue weighted by atomic mass is 10.0. The van der Waals surface area contributed by atoms with Gasteiger partial charge in [-0.05, 0) is 25.1 Å². The van der Waals surface area contributed by atoms with Crippen LogP contribution in [0.15, 0.2) is 52.1 Å². The number of nitrogens with zero attached hydrogens (tertiary/aromatic N) is 1. The fraction of sp³-hybridized carbons (Fsp3) is 0.389. The van der Waals surface area contributed by atoms with Crippen LogP contribution in [0.4, 0.5) is 0 Å². The minimum Gasteiger partial charge on any atom is -0.493 e. The Balaban J connectivity index is 0.00000208. The molecular weight excluding hydrogens is 417 g/mol. The number of hydrogen-bond donors (Lipinski definition) is 2. The summed E-state index contributed by atoms with van der Waals surface area (Å²) in [5, 5.41) is 6.83. The fourth-order valence-electron chi connectivity index (χ4n) is 2.71. The van der Waals surface area contributed by atoms with Crippen LogP contribution < -0.4 is 15.4 Å². The third-order valence-electron chi connectivity index (χ3n) is 3.82. The number of hydrogen-bond acceptors (Lipinski definition) is 3. The van der Waals surface area contributed by atoms with Crippen LogP contribution >= 0.6 is 24.0 Å². The maximum absolute atomic E-state index is 5.71. The minimum atomic E-state index is 0. The molecule has 1 unspecified atom stereocenters. The molecule has 24 heavy (non-hydrogen) atoms. The van der Waals surface area contributed by atoms with E-state index in [-0.39, 0.29) is 30.0 Å². The van der Waals surface area contributed by atoms with Crippen LogP contribution in [0, 0.1) is 0 Å². The van der Waals surface area contributed by atoms with Gasteiger partial charge in [0.25, 0.3) is 0 Å². The van der Waals surface area contributed by atoms with Gasteiger partial charge in [-0.2, -0.15) is 0 Å². The average Bonchev–Trinajstić information content (AvgIpc) is 3.09. The predicted molar refractivity (Wildman–Crippen MR) is 106 cm³/mol. The summed E-state index contributed by atoms with van der Waals surface area (Å²) in [6, 6.07) is 12.3. The maximum Gasteiger partial charge on any atom is 0.191 e. The number of rotatable bonds is 5. The van der Waals surface area contributed by atoms with E-state index in [0.717, 1.165) is 43.5 Å². The lowest BCUT2D eigenvalue weighted by Gasteiger charge is -2.28. The number of ether oxygens (including phenoxy) is 1. The molecule has 0 saturated heterocycles. The molecule has 0 spiro atoms. The highest BCUT2D eigenvalue weighted by atomic mass is 127. The summed E-state index contributed by atoms with van der Waals surface area (Å²) in [4.78, 5) is 4.65. The molecule has 0 radical (unpaired) electrons. The average molecular weight is 441 g/mol. The van der Waals surface area contributed by atoms with Crippen molar-refractivity contribution in [2.75, 3.05) is 19.7 Å². The normalized spacial score (nSPS) is 16.5. The van der Waals surface area contributed by atoms with Crippen LogP contribution in [-0.4, -0.2) is 25.7 Å². The molecule has 2 heterocycles. The third kappa shape index (κ3) is 4.90. The molecule has 2 aromatic rings. The van der Waals surface area contributed by atoms with Gasteiger partial charge in [-0.3, -0.25) is 4.99 Å². The van der Waals surface area contributed by atoms with Crippen LogP contribution in [0.5, 0.6) is 5.75 Å². The number of nitrogens with one attached hydrogen (secondary N) is 2. The molecule has 0 amide bonds. The molecule has 0 saturated carbocycles. The lowest BCUT2D eigenvalue weighted by molar-refractivity contribution is 0.261. The van der Waals surface area contributed by atoms with E-state index in [0.29, 0.717) is 6.54 Å². The number of para-hydroxylation sites is 1. The summed E-state index contributed by atoms with van der Waals surface area (Å²) >= 11 is 0. The second-order valence-electron chi connectivity index (χ2n) is 5.46. The Morgan fingerprint density at radius 2 is 2.12 bits per heavy atom. The molecule has 6 heteroatoms. The standard InChI is InChI=1S/C18H23N3O2.HI/c1-2-19-18(20-11-9-14-6-5-12-22-14)21-16-10-13-23-17-8-4-3-7-15(16)17;/h3-8,12,16H,2,9-11,13H2,1H3,(H2,19,20,21);1H. The molecule has 5 nitrogen and oxygen atoms in total. The first-order valence-electron chi connectivity index (χ1n) is 8.15. The van der Waals surface area contributed by atoms with Crippen LogP contribution in [0.25, 0.3) is 0 Å². The minimum absolute atomic E-state index is 0. The zero-order valence-electron chi connectivity index (χ0n) is 13.8. The van der Waals surface area contributed by atoms with Gasteiger partial charge in [-0.15, -0.1) is 24.0 Å². The van der Waals surface area contributed by atoms with Crippen LogP contribution in [0.2, 0.25) is 0 Å². The number of guanidine groups is 1. The second-order valence-corrected chi connectivity index (χ2v) is 5.46. The topological polar surface area (TPSA) is 58.8 Å². The molecule has 1 aliphatic heterocycles. The Morgan fingerprint density at radius 1 is 1.25 bits per heavy atom. The molecule has 0 fully saturated rings. The van der Waals surface area contributed by atoms with Crippen molar-refractivity contribution in [2.45, 2.75) is 25.8 Å². The first kappa shape index (κ1) is 18.6. The van der Waals surface area contributed by atoms with Crippen LogP contribution in [0.3, 0.4) is 0 Å².